The highest BCUT2D eigenvalue weighted by Crippen LogP contribution is 2.14. The third kappa shape index (κ3) is 31.4. The van der Waals surface area contributed by atoms with Crippen molar-refractivity contribution in [3.63, 3.8) is 0 Å². The van der Waals surface area contributed by atoms with Gasteiger partial charge in [0.25, 0.3) is 0 Å². The fourth-order valence-electron chi connectivity index (χ4n) is 6.06. The molecule has 0 aromatic rings. The normalized spacial score (nSPS) is 13.9. The monoisotopic (exact) mass is 650 g/mol. The molecule has 0 aliphatic heterocycles. The van der Waals surface area contributed by atoms with Crippen molar-refractivity contribution < 1.29 is 20.1 Å². The van der Waals surface area contributed by atoms with Crippen molar-refractivity contribution in [3.05, 3.63) is 24.3 Å². The Morgan fingerprint density at radius 2 is 0.870 bits per heavy atom. The molecule has 0 saturated heterocycles. The number of aliphatic hydroxyl groups is 3. The Balaban J connectivity index is 3.70. The van der Waals surface area contributed by atoms with Crippen LogP contribution in [0.25, 0.3) is 0 Å². The molecule has 3 unspecified atom stereocenters. The van der Waals surface area contributed by atoms with Gasteiger partial charge < -0.3 is 20.6 Å². The van der Waals surface area contributed by atoms with Gasteiger partial charge in [0.1, 0.15) is 6.10 Å². The van der Waals surface area contributed by atoms with E-state index < -0.39 is 24.2 Å². The van der Waals surface area contributed by atoms with Crippen molar-refractivity contribution >= 4 is 5.91 Å². The molecular weight excluding hydrogens is 570 g/mol. The maximum atomic E-state index is 12.4. The van der Waals surface area contributed by atoms with E-state index in [0.29, 0.717) is 6.42 Å². The predicted molar refractivity (Wildman–Crippen MR) is 199 cm³/mol. The molecule has 0 fully saturated rings. The van der Waals surface area contributed by atoms with E-state index in [1.165, 1.54) is 154 Å². The summed E-state index contributed by atoms with van der Waals surface area (Å²) >= 11 is 0. The van der Waals surface area contributed by atoms with Gasteiger partial charge in [0.05, 0.1) is 18.8 Å². The van der Waals surface area contributed by atoms with Crippen molar-refractivity contribution in [1.82, 2.24) is 5.32 Å². The second kappa shape index (κ2) is 36.7. The van der Waals surface area contributed by atoms with E-state index in [2.05, 4.69) is 31.3 Å². The second-order valence-corrected chi connectivity index (χ2v) is 13.8. The van der Waals surface area contributed by atoms with Crippen molar-refractivity contribution in [2.24, 2.45) is 0 Å². The largest absolute Gasteiger partial charge is 0.394 e. The van der Waals surface area contributed by atoms with Crippen LogP contribution in [0.15, 0.2) is 24.3 Å². The Labute approximate surface area is 286 Å². The van der Waals surface area contributed by atoms with E-state index in [-0.39, 0.29) is 6.61 Å². The van der Waals surface area contributed by atoms with Gasteiger partial charge in [-0.15, -0.1) is 0 Å². The maximum absolute atomic E-state index is 12.4. The summed E-state index contributed by atoms with van der Waals surface area (Å²) in [5.41, 5.74) is 0. The molecule has 0 aliphatic carbocycles. The van der Waals surface area contributed by atoms with E-state index in [9.17, 15) is 20.1 Å². The van der Waals surface area contributed by atoms with E-state index in [0.717, 1.165) is 32.1 Å². The first-order chi connectivity index (χ1) is 22.6. The molecule has 1 amide bonds. The summed E-state index contributed by atoms with van der Waals surface area (Å²) < 4.78 is 0. The molecule has 0 radical (unpaired) electrons. The lowest BCUT2D eigenvalue weighted by molar-refractivity contribution is -0.131. The molecule has 4 N–H and O–H groups in total. The fraction of sp³-hybridized carbons (Fsp3) is 0.878. The lowest BCUT2D eigenvalue weighted by Gasteiger charge is -2.21. The molecule has 0 aliphatic rings. The number of allylic oxidation sites excluding steroid dienone is 3. The molecule has 46 heavy (non-hydrogen) atoms. The summed E-state index contributed by atoms with van der Waals surface area (Å²) in [5, 5.41) is 33.0. The van der Waals surface area contributed by atoms with Gasteiger partial charge in [0, 0.05) is 0 Å². The summed E-state index contributed by atoms with van der Waals surface area (Å²) in [4.78, 5) is 12.4. The van der Waals surface area contributed by atoms with Crippen LogP contribution in [0.3, 0.4) is 0 Å². The van der Waals surface area contributed by atoms with Crippen LogP contribution in [-0.4, -0.2) is 46.1 Å². The van der Waals surface area contributed by atoms with Crippen LogP contribution in [0.5, 0.6) is 0 Å². The Kier molecular flexibility index (Phi) is 35.7. The topological polar surface area (TPSA) is 89.8 Å². The number of rotatable bonds is 36. The Bertz CT molecular complexity index is 679. The predicted octanol–water partition coefficient (Wildman–Crippen LogP) is 11.0. The standard InChI is InChI=1S/C41H79NO4/c1-3-5-7-9-11-13-15-17-18-19-20-21-22-24-26-28-30-32-34-36-40(45)41(46)42-38(37-43)39(44)35-33-31-29-27-25-23-16-14-12-10-8-6-4-2/h20-21,33,35,38-40,43-45H,3-19,22-32,34,36-37H2,1-2H3,(H,42,46)/b21-20-,35-33+. The van der Waals surface area contributed by atoms with E-state index in [4.69, 9.17) is 0 Å². The average molecular weight is 650 g/mol. The van der Waals surface area contributed by atoms with E-state index >= 15 is 0 Å². The molecule has 272 valence electrons. The molecule has 0 heterocycles. The fourth-order valence-corrected chi connectivity index (χ4v) is 6.06. The first kappa shape index (κ1) is 44.8. The van der Waals surface area contributed by atoms with Gasteiger partial charge in [0.2, 0.25) is 5.91 Å². The van der Waals surface area contributed by atoms with Gasteiger partial charge in [-0.05, 0) is 44.9 Å². The third-order valence-corrected chi connectivity index (χ3v) is 9.29. The highest BCUT2D eigenvalue weighted by atomic mass is 16.3. The average Bonchev–Trinajstić information content (AvgIpc) is 3.06. The minimum Gasteiger partial charge on any atom is -0.394 e. The second-order valence-electron chi connectivity index (χ2n) is 13.8. The number of amides is 1. The van der Waals surface area contributed by atoms with E-state index in [1.807, 2.05) is 6.08 Å². The number of carbonyl (C=O) groups is 1. The molecule has 3 atom stereocenters. The Morgan fingerprint density at radius 3 is 1.26 bits per heavy atom. The van der Waals surface area contributed by atoms with Gasteiger partial charge in [0.15, 0.2) is 0 Å². The first-order valence-corrected chi connectivity index (χ1v) is 20.2. The molecule has 0 spiro atoms. The third-order valence-electron chi connectivity index (χ3n) is 9.29. The zero-order valence-corrected chi connectivity index (χ0v) is 30.7. The maximum Gasteiger partial charge on any atom is 0.249 e. The number of hydrogen-bond acceptors (Lipinski definition) is 4. The lowest BCUT2D eigenvalue weighted by Crippen LogP contribution is -2.48. The molecule has 5 heteroatoms. The highest BCUT2D eigenvalue weighted by molar-refractivity contribution is 5.80. The van der Waals surface area contributed by atoms with Gasteiger partial charge in [-0.25, -0.2) is 0 Å². The van der Waals surface area contributed by atoms with Gasteiger partial charge in [-0.3, -0.25) is 4.79 Å². The molecular formula is C41H79NO4. The summed E-state index contributed by atoms with van der Waals surface area (Å²) in [6.07, 6.45) is 43.4. The van der Waals surface area contributed by atoms with E-state index in [1.54, 1.807) is 6.08 Å². The van der Waals surface area contributed by atoms with Crippen LogP contribution < -0.4 is 5.32 Å². The van der Waals surface area contributed by atoms with Crippen LogP contribution >= 0.6 is 0 Å². The Hall–Kier alpha value is -1.17. The van der Waals surface area contributed by atoms with Gasteiger partial charge >= 0.3 is 0 Å². The zero-order valence-electron chi connectivity index (χ0n) is 30.7. The number of nitrogens with one attached hydrogen (secondary N) is 1. The first-order valence-electron chi connectivity index (χ1n) is 20.2. The molecule has 0 aromatic carbocycles. The van der Waals surface area contributed by atoms with Crippen molar-refractivity contribution in [1.29, 1.82) is 0 Å². The summed E-state index contributed by atoms with van der Waals surface area (Å²) in [6.45, 7) is 4.17. The van der Waals surface area contributed by atoms with Gasteiger partial charge in [-0.2, -0.15) is 0 Å². The minimum absolute atomic E-state index is 0.364. The zero-order chi connectivity index (χ0) is 33.8. The smallest absolute Gasteiger partial charge is 0.249 e. The van der Waals surface area contributed by atoms with Crippen LogP contribution in [-0.2, 0) is 4.79 Å². The van der Waals surface area contributed by atoms with Crippen LogP contribution in [0.4, 0.5) is 0 Å². The van der Waals surface area contributed by atoms with Crippen molar-refractivity contribution in [2.75, 3.05) is 6.61 Å². The van der Waals surface area contributed by atoms with Crippen molar-refractivity contribution in [2.45, 2.75) is 225 Å². The minimum atomic E-state index is -1.10. The molecule has 0 rings (SSSR count). The van der Waals surface area contributed by atoms with Crippen molar-refractivity contribution in [3.8, 4) is 0 Å². The van der Waals surface area contributed by atoms with Crippen LogP contribution in [0.1, 0.15) is 206 Å². The number of unbranched alkanes of at least 4 members (excludes halogenated alkanes) is 26. The summed E-state index contributed by atoms with van der Waals surface area (Å²) in [5.74, 6) is -0.508. The Morgan fingerprint density at radius 1 is 0.522 bits per heavy atom. The van der Waals surface area contributed by atoms with Crippen LogP contribution in [0.2, 0.25) is 0 Å². The summed E-state index contributed by atoms with van der Waals surface area (Å²) in [6, 6.07) is -0.796. The van der Waals surface area contributed by atoms with Crippen LogP contribution in [0, 0.1) is 0 Å². The highest BCUT2D eigenvalue weighted by Gasteiger charge is 2.22. The molecule has 0 saturated carbocycles. The molecule has 0 aromatic heterocycles. The molecule has 5 nitrogen and oxygen atoms in total. The number of aliphatic hydroxyl groups excluding tert-OH is 3. The number of hydrogen-bond donors (Lipinski definition) is 4. The van der Waals surface area contributed by atoms with Gasteiger partial charge in [-0.1, -0.05) is 186 Å². The summed E-state index contributed by atoms with van der Waals surface area (Å²) in [7, 11) is 0. The molecule has 0 bridgehead atoms. The quantitative estimate of drug-likeness (QED) is 0.0401. The number of carbonyl (C=O) groups excluding carboxylic acids is 1. The SMILES string of the molecule is CCCCCCCCCCC/C=C\CCCCCCCCC(O)C(=O)NC(CO)C(O)/C=C/CCCCCCCCCCCCC. The lowest BCUT2D eigenvalue weighted by atomic mass is 10.0.